The van der Waals surface area contributed by atoms with Crippen LogP contribution in [-0.2, 0) is 23.0 Å². The predicted octanol–water partition coefficient (Wildman–Crippen LogP) is 9.09. The number of nitrogens with zero attached hydrogens (tertiary/aromatic N) is 2. The zero-order chi connectivity index (χ0) is 30.4. The molecule has 0 aliphatic heterocycles. The van der Waals surface area contributed by atoms with Crippen molar-refractivity contribution in [2.75, 3.05) is 0 Å². The van der Waals surface area contributed by atoms with Crippen molar-refractivity contribution in [2.45, 2.75) is 52.6 Å². The zero-order valence-electron chi connectivity index (χ0n) is 25.2. The molecule has 0 saturated carbocycles. The molecule has 0 radical (unpaired) electrons. The molecule has 222 valence electrons. The average Bonchev–Trinajstić information content (AvgIpc) is 3.44. The number of halogens is 2. The first-order valence-electron chi connectivity index (χ1n) is 14.0. The normalized spacial score (nSPS) is 12.4. The molecule has 6 heteroatoms. The van der Waals surface area contributed by atoms with Crippen molar-refractivity contribution in [3.05, 3.63) is 143 Å². The number of benzene rings is 4. The van der Waals surface area contributed by atoms with Crippen molar-refractivity contribution in [1.82, 2.24) is 9.13 Å². The Kier molecular flexibility index (Phi) is 10.8. The van der Waals surface area contributed by atoms with Crippen molar-refractivity contribution < 1.29 is 11.9 Å². The molecule has 1 aromatic heterocycles. The number of hydrogen-bond acceptors (Lipinski definition) is 0. The molecule has 5 rings (SSSR count). The van der Waals surface area contributed by atoms with Crippen LogP contribution in [-0.4, -0.2) is 13.7 Å². The Bertz CT molecular complexity index is 1590. The third kappa shape index (κ3) is 8.36. The summed E-state index contributed by atoms with van der Waals surface area (Å²) in [5.41, 5.74) is 0.921. The summed E-state index contributed by atoms with van der Waals surface area (Å²) in [6, 6.07) is 42.4. The first-order valence-corrected chi connectivity index (χ1v) is 21.7. The summed E-state index contributed by atoms with van der Waals surface area (Å²) < 4.78 is 7.56. The average molecular weight is 705 g/mol. The zero-order valence-corrected chi connectivity index (χ0v) is 29.4. The van der Waals surface area contributed by atoms with Gasteiger partial charge in [0, 0.05) is 0 Å². The summed E-state index contributed by atoms with van der Waals surface area (Å²) in [5, 5.41) is 4.19. The van der Waals surface area contributed by atoms with Gasteiger partial charge in [0.15, 0.2) is 0 Å². The van der Waals surface area contributed by atoms with E-state index in [0.29, 0.717) is 0 Å². The van der Waals surface area contributed by atoms with E-state index in [0.717, 1.165) is 9.58 Å². The van der Waals surface area contributed by atoms with Gasteiger partial charge in [0.25, 0.3) is 0 Å². The van der Waals surface area contributed by atoms with Gasteiger partial charge in [-0.3, -0.25) is 0 Å². The molecule has 0 aliphatic carbocycles. The van der Waals surface area contributed by atoms with Gasteiger partial charge in [-0.25, -0.2) is 0 Å². The van der Waals surface area contributed by atoms with Crippen LogP contribution in [0.2, 0.25) is 0 Å². The van der Waals surface area contributed by atoms with E-state index in [-0.39, 0.29) is 11.1 Å². The van der Waals surface area contributed by atoms with Crippen LogP contribution >= 0.6 is 27.3 Å². The van der Waals surface area contributed by atoms with Crippen LogP contribution in [0.25, 0.3) is 0 Å². The number of aromatic nitrogens is 2. The molecular weight excluding hydrogens is 663 g/mol. The van der Waals surface area contributed by atoms with Crippen molar-refractivity contribution in [3.8, 4) is 0 Å². The Labute approximate surface area is 263 Å². The van der Waals surface area contributed by atoms with Gasteiger partial charge < -0.3 is 0 Å². The third-order valence-corrected chi connectivity index (χ3v) is 14.3. The molecular formula is C36H41Cl2N2PRu. The largest absolute Gasteiger partial charge is 0.0622 e. The molecule has 0 bridgehead atoms. The molecule has 0 atom stereocenters. The summed E-state index contributed by atoms with van der Waals surface area (Å²) in [4.78, 5) is 0. The minimum atomic E-state index is -3.21. The minimum Gasteiger partial charge on any atom is -0.0622 e. The molecule has 1 heterocycles. The van der Waals surface area contributed by atoms with Gasteiger partial charge in [-0.05, 0) is 23.8 Å². The maximum Gasteiger partial charge on any atom is -0.0134 e. The van der Waals surface area contributed by atoms with Gasteiger partial charge in [0.1, 0.15) is 0 Å². The van der Waals surface area contributed by atoms with E-state index < -0.39 is 19.8 Å². The van der Waals surface area contributed by atoms with Gasteiger partial charge >= 0.3 is 150 Å². The number of imidazole rings is 1. The van der Waals surface area contributed by atoms with Crippen molar-refractivity contribution in [3.63, 3.8) is 0 Å². The molecule has 4 aromatic carbocycles. The number of hydrogen-bond donors (Lipinski definition) is 0. The summed E-state index contributed by atoms with van der Waals surface area (Å²) in [6.45, 7) is 13.1. The van der Waals surface area contributed by atoms with Gasteiger partial charge in [-0.15, -0.1) is 0 Å². The Morgan fingerprint density at radius 2 is 0.833 bits per heavy atom. The molecule has 0 N–H and O–H groups in total. The molecule has 0 aliphatic rings. The Morgan fingerprint density at radius 3 is 1.14 bits per heavy atom. The Balaban J connectivity index is 0.000000196. The van der Waals surface area contributed by atoms with E-state index in [1.807, 2.05) is 30.3 Å². The topological polar surface area (TPSA) is 9.86 Å². The molecule has 42 heavy (non-hydrogen) atoms. The van der Waals surface area contributed by atoms with Crippen LogP contribution in [0.4, 0.5) is 0 Å². The van der Waals surface area contributed by atoms with E-state index >= 15 is 0 Å². The van der Waals surface area contributed by atoms with E-state index in [2.05, 4.69) is 159 Å². The van der Waals surface area contributed by atoms with Crippen molar-refractivity contribution >= 4 is 47.8 Å². The molecule has 5 aromatic rings. The monoisotopic (exact) mass is 704 g/mol. The fourth-order valence-electron chi connectivity index (χ4n) is 4.47. The molecule has 0 fully saturated rings. The Morgan fingerprint density at radius 1 is 0.524 bits per heavy atom. The summed E-state index contributed by atoms with van der Waals surface area (Å²) in [6.07, 6.45) is 4.19. The smallest absolute Gasteiger partial charge is 0.0134 e. The molecule has 0 saturated heterocycles. The third-order valence-electron chi connectivity index (χ3n) is 6.50. The van der Waals surface area contributed by atoms with E-state index in [1.54, 1.807) is 0 Å². The fraction of sp³-hybridized carbons (Fsp3) is 0.222. The summed E-state index contributed by atoms with van der Waals surface area (Å²) >= 11 is -3.21. The second-order valence-corrected chi connectivity index (χ2v) is 23.4. The fourth-order valence-corrected chi connectivity index (χ4v) is 13.2. The SMILES string of the molecule is CC(C)(C)n1ccn(C(C)(C)C)[c]1=[Ru]([Cl])([Cl])=[CH]c1ccccc1.c1ccc(P(c2ccccc2)c2ccccc2)cc1. The van der Waals surface area contributed by atoms with Gasteiger partial charge in [-0.1, -0.05) is 91.0 Å². The van der Waals surface area contributed by atoms with E-state index in [9.17, 15) is 0 Å². The first-order chi connectivity index (χ1) is 19.9. The summed E-state index contributed by atoms with van der Waals surface area (Å²) in [5.74, 6) is 0. The molecule has 0 unspecified atom stereocenters. The van der Waals surface area contributed by atoms with Crippen LogP contribution in [0.5, 0.6) is 0 Å². The van der Waals surface area contributed by atoms with Crippen LogP contribution in [0.3, 0.4) is 0 Å². The second kappa shape index (κ2) is 13.9. The van der Waals surface area contributed by atoms with Gasteiger partial charge in [-0.2, -0.15) is 0 Å². The van der Waals surface area contributed by atoms with Crippen LogP contribution in [0.15, 0.2) is 134 Å². The van der Waals surface area contributed by atoms with Crippen molar-refractivity contribution in [1.29, 1.82) is 0 Å². The Hall–Kier alpha value is -2.41. The van der Waals surface area contributed by atoms with Gasteiger partial charge in [0.05, 0.1) is 0 Å². The van der Waals surface area contributed by atoms with Gasteiger partial charge in [0.2, 0.25) is 0 Å². The second-order valence-electron chi connectivity index (χ2n) is 11.9. The van der Waals surface area contributed by atoms with E-state index in [1.165, 1.54) is 15.9 Å². The minimum absolute atomic E-state index is 0.0772. The van der Waals surface area contributed by atoms with Crippen LogP contribution in [0.1, 0.15) is 47.1 Å². The quantitative estimate of drug-likeness (QED) is 0.131. The molecule has 0 spiro atoms. The molecule has 0 amide bonds. The standard InChI is InChI=1S/C18H15P.C11H20N2.C7H6.2ClH.Ru/c1-4-10-16(11-5-1)19(17-12-6-2-7-13-17)18-14-8-3-9-15-18;1-10(2,3)12-7-8-13(9-12)11(4,5)6;1-7-5-3-2-4-6-7;;;/h1-15H;7-8H,1-6H3;1-6H;2*1H;/q;;;;;+2/p-2. The maximum atomic E-state index is 7.00. The van der Waals surface area contributed by atoms with E-state index in [4.69, 9.17) is 19.4 Å². The predicted molar refractivity (Wildman–Crippen MR) is 184 cm³/mol. The molecule has 2 nitrogen and oxygen atoms in total. The van der Waals surface area contributed by atoms with Crippen LogP contribution < -0.4 is 15.9 Å². The summed E-state index contributed by atoms with van der Waals surface area (Å²) in [7, 11) is 13.6. The first kappa shape index (κ1) is 32.5. The van der Waals surface area contributed by atoms with Crippen molar-refractivity contribution in [2.24, 2.45) is 0 Å². The maximum absolute atomic E-state index is 7.00. The van der Waals surface area contributed by atoms with Crippen LogP contribution in [0, 0.1) is 4.01 Å². The number of rotatable bonds is 4.